The van der Waals surface area contributed by atoms with Crippen molar-refractivity contribution in [2.24, 2.45) is 0 Å². The number of methoxy groups -OCH3 is 3. The van der Waals surface area contributed by atoms with Crippen LogP contribution in [0.2, 0.25) is 0 Å². The molecular weight excluding hydrogens is 280 g/mol. The number of thioether (sulfide) groups is 1. The molecule has 0 unspecified atom stereocenters. The molecule has 0 fully saturated rings. The van der Waals surface area contributed by atoms with Crippen molar-refractivity contribution >= 4 is 11.8 Å². The monoisotopic (exact) mass is 296 g/mol. The van der Waals surface area contributed by atoms with Crippen molar-refractivity contribution in [3.05, 3.63) is 12.1 Å². The third-order valence-corrected chi connectivity index (χ3v) is 3.29. The summed E-state index contributed by atoms with van der Waals surface area (Å²) >= 11 is 1.49. The molecule has 108 valence electrons. The largest absolute Gasteiger partial charge is 0.493 e. The number of benzene rings is 1. The molecule has 1 aromatic heterocycles. The number of rotatable bonds is 6. The highest BCUT2D eigenvalue weighted by Gasteiger charge is 2.17. The highest BCUT2D eigenvalue weighted by Crippen LogP contribution is 2.41. The molecular formula is C13H16N2O4S. The summed E-state index contributed by atoms with van der Waals surface area (Å²) < 4.78 is 21.4. The van der Waals surface area contributed by atoms with Crippen molar-refractivity contribution in [2.45, 2.75) is 12.1 Å². The fraction of sp³-hybridized carbons (Fsp3) is 0.385. The van der Waals surface area contributed by atoms with Gasteiger partial charge in [0.2, 0.25) is 11.6 Å². The quantitative estimate of drug-likeness (QED) is 0.759. The molecule has 20 heavy (non-hydrogen) atoms. The Hall–Kier alpha value is -1.89. The Balaban J connectivity index is 2.45. The van der Waals surface area contributed by atoms with Gasteiger partial charge in [0.25, 0.3) is 5.22 Å². The molecule has 0 bridgehead atoms. The summed E-state index contributed by atoms with van der Waals surface area (Å²) in [6.07, 6.45) is 0. The van der Waals surface area contributed by atoms with E-state index < -0.39 is 0 Å². The van der Waals surface area contributed by atoms with E-state index in [1.165, 1.54) is 11.8 Å². The van der Waals surface area contributed by atoms with Crippen LogP contribution in [0, 0.1) is 0 Å². The SMILES string of the molecule is CCSc1nnc(-c2cc(OC)c(OC)c(OC)c2)o1. The van der Waals surface area contributed by atoms with Crippen LogP contribution in [-0.2, 0) is 0 Å². The average Bonchev–Trinajstić information content (AvgIpc) is 2.94. The Bertz CT molecular complexity index is 560. The van der Waals surface area contributed by atoms with E-state index in [2.05, 4.69) is 10.2 Å². The van der Waals surface area contributed by atoms with Crippen molar-refractivity contribution in [1.82, 2.24) is 10.2 Å². The Labute approximate surface area is 121 Å². The van der Waals surface area contributed by atoms with Crippen LogP contribution in [0.4, 0.5) is 0 Å². The van der Waals surface area contributed by atoms with Crippen molar-refractivity contribution < 1.29 is 18.6 Å². The molecule has 0 N–H and O–H groups in total. The van der Waals surface area contributed by atoms with Crippen LogP contribution in [0.15, 0.2) is 21.8 Å². The zero-order valence-electron chi connectivity index (χ0n) is 11.8. The minimum atomic E-state index is 0.417. The molecule has 7 heteroatoms. The van der Waals surface area contributed by atoms with Gasteiger partial charge < -0.3 is 18.6 Å². The van der Waals surface area contributed by atoms with Crippen LogP contribution in [0.25, 0.3) is 11.5 Å². The second-order valence-electron chi connectivity index (χ2n) is 3.72. The number of ether oxygens (including phenoxy) is 3. The second kappa shape index (κ2) is 6.51. The lowest BCUT2D eigenvalue weighted by Gasteiger charge is -2.12. The van der Waals surface area contributed by atoms with Gasteiger partial charge in [0.05, 0.1) is 21.3 Å². The molecule has 0 atom stereocenters. The van der Waals surface area contributed by atoms with Crippen LogP contribution >= 0.6 is 11.8 Å². The zero-order valence-corrected chi connectivity index (χ0v) is 12.6. The molecule has 0 aliphatic heterocycles. The van der Waals surface area contributed by atoms with Crippen molar-refractivity contribution in [3.63, 3.8) is 0 Å². The first kappa shape index (κ1) is 14.5. The van der Waals surface area contributed by atoms with Crippen LogP contribution < -0.4 is 14.2 Å². The first-order valence-corrected chi connectivity index (χ1v) is 6.98. The molecule has 1 aromatic carbocycles. The predicted molar refractivity (Wildman–Crippen MR) is 75.8 cm³/mol. The maximum Gasteiger partial charge on any atom is 0.276 e. The maximum absolute atomic E-state index is 5.57. The first-order chi connectivity index (χ1) is 9.73. The van der Waals surface area contributed by atoms with E-state index in [1.807, 2.05) is 6.92 Å². The van der Waals surface area contributed by atoms with E-state index in [9.17, 15) is 0 Å². The molecule has 0 amide bonds. The highest BCUT2D eigenvalue weighted by molar-refractivity contribution is 7.99. The second-order valence-corrected chi connectivity index (χ2v) is 4.94. The van der Waals surface area contributed by atoms with Gasteiger partial charge in [-0.25, -0.2) is 0 Å². The van der Waals surface area contributed by atoms with Gasteiger partial charge in [0.1, 0.15) is 0 Å². The van der Waals surface area contributed by atoms with Gasteiger partial charge in [-0.15, -0.1) is 10.2 Å². The standard InChI is InChI=1S/C13H16N2O4S/c1-5-20-13-15-14-12(19-13)8-6-9(16-2)11(18-4)10(7-8)17-3/h6-7H,5H2,1-4H3. The van der Waals surface area contributed by atoms with Gasteiger partial charge in [0, 0.05) is 5.56 Å². The van der Waals surface area contributed by atoms with E-state index in [-0.39, 0.29) is 0 Å². The summed E-state index contributed by atoms with van der Waals surface area (Å²) in [6.45, 7) is 2.02. The highest BCUT2D eigenvalue weighted by atomic mass is 32.2. The fourth-order valence-corrected chi connectivity index (χ4v) is 2.20. The van der Waals surface area contributed by atoms with E-state index in [4.69, 9.17) is 18.6 Å². The Morgan fingerprint density at radius 3 is 2.20 bits per heavy atom. The van der Waals surface area contributed by atoms with Crippen LogP contribution in [0.3, 0.4) is 0 Å². The lowest BCUT2D eigenvalue weighted by atomic mass is 10.2. The van der Waals surface area contributed by atoms with Gasteiger partial charge in [-0.3, -0.25) is 0 Å². The Morgan fingerprint density at radius 2 is 1.70 bits per heavy atom. The van der Waals surface area contributed by atoms with Crippen molar-refractivity contribution in [3.8, 4) is 28.7 Å². The molecule has 6 nitrogen and oxygen atoms in total. The van der Waals surface area contributed by atoms with Gasteiger partial charge >= 0.3 is 0 Å². The average molecular weight is 296 g/mol. The third kappa shape index (κ3) is 2.82. The summed E-state index contributed by atoms with van der Waals surface area (Å²) in [7, 11) is 4.68. The van der Waals surface area contributed by atoms with Crippen molar-refractivity contribution in [1.29, 1.82) is 0 Å². The van der Waals surface area contributed by atoms with E-state index in [0.29, 0.717) is 28.4 Å². The minimum Gasteiger partial charge on any atom is -0.493 e. The number of aromatic nitrogens is 2. The summed E-state index contributed by atoms with van der Waals surface area (Å²) in [5, 5.41) is 8.53. The number of hydrogen-bond acceptors (Lipinski definition) is 7. The fourth-order valence-electron chi connectivity index (χ4n) is 1.71. The summed E-state index contributed by atoms with van der Waals surface area (Å²) in [4.78, 5) is 0. The summed E-state index contributed by atoms with van der Waals surface area (Å²) in [5.74, 6) is 2.91. The van der Waals surface area contributed by atoms with Gasteiger partial charge in [-0.1, -0.05) is 18.7 Å². The molecule has 0 saturated carbocycles. The molecule has 2 rings (SSSR count). The Morgan fingerprint density at radius 1 is 1.05 bits per heavy atom. The van der Waals surface area contributed by atoms with Gasteiger partial charge in [-0.2, -0.15) is 0 Å². The topological polar surface area (TPSA) is 66.6 Å². The third-order valence-electron chi connectivity index (χ3n) is 2.59. The van der Waals surface area contributed by atoms with Crippen LogP contribution in [0.5, 0.6) is 17.2 Å². The van der Waals surface area contributed by atoms with Gasteiger partial charge in [-0.05, 0) is 17.9 Å². The summed E-state index contributed by atoms with van der Waals surface area (Å²) in [5.41, 5.74) is 0.718. The summed E-state index contributed by atoms with van der Waals surface area (Å²) in [6, 6.07) is 3.55. The molecule has 0 spiro atoms. The van der Waals surface area contributed by atoms with E-state index in [1.54, 1.807) is 33.5 Å². The first-order valence-electron chi connectivity index (χ1n) is 6.00. The molecule has 1 heterocycles. The lowest BCUT2D eigenvalue weighted by molar-refractivity contribution is 0.324. The number of hydrogen-bond donors (Lipinski definition) is 0. The normalized spacial score (nSPS) is 10.4. The van der Waals surface area contributed by atoms with E-state index >= 15 is 0 Å². The molecule has 0 aliphatic rings. The molecule has 0 aliphatic carbocycles. The smallest absolute Gasteiger partial charge is 0.276 e. The van der Waals surface area contributed by atoms with Crippen LogP contribution in [-0.4, -0.2) is 37.3 Å². The lowest BCUT2D eigenvalue weighted by Crippen LogP contribution is -1.95. The number of nitrogens with zero attached hydrogens (tertiary/aromatic N) is 2. The predicted octanol–water partition coefficient (Wildman–Crippen LogP) is 2.87. The Kier molecular flexibility index (Phi) is 4.73. The van der Waals surface area contributed by atoms with Gasteiger partial charge in [0.15, 0.2) is 11.5 Å². The zero-order chi connectivity index (χ0) is 14.5. The molecule has 0 saturated heterocycles. The van der Waals surface area contributed by atoms with E-state index in [0.717, 1.165) is 11.3 Å². The van der Waals surface area contributed by atoms with Crippen LogP contribution in [0.1, 0.15) is 6.92 Å². The molecule has 2 aromatic rings. The molecule has 0 radical (unpaired) electrons. The maximum atomic E-state index is 5.57. The minimum absolute atomic E-state index is 0.417. The van der Waals surface area contributed by atoms with Crippen molar-refractivity contribution in [2.75, 3.05) is 27.1 Å².